The van der Waals surface area contributed by atoms with Crippen LogP contribution in [-0.2, 0) is 54.1 Å². The minimum absolute atomic E-state index is 0.0267. The van der Waals surface area contributed by atoms with Gasteiger partial charge in [-0.15, -0.1) is 0 Å². The molecule has 0 saturated heterocycles. The Morgan fingerprint density at radius 2 is 0.480 bits per heavy atom. The zero-order chi connectivity index (χ0) is 102. The van der Waals surface area contributed by atoms with Gasteiger partial charge in [0.15, 0.2) is 0 Å². The maximum absolute atomic E-state index is 6.33. The van der Waals surface area contributed by atoms with Gasteiger partial charge in [-0.1, -0.05) is 436 Å². The van der Waals surface area contributed by atoms with Crippen molar-refractivity contribution in [1.82, 2.24) is 0 Å². The van der Waals surface area contributed by atoms with Crippen LogP contribution in [0.1, 0.15) is 194 Å². The van der Waals surface area contributed by atoms with E-state index in [4.69, 9.17) is 4.42 Å². The summed E-state index contributed by atoms with van der Waals surface area (Å²) in [5.74, 6) is 0. The lowest BCUT2D eigenvalue weighted by atomic mass is 9.54. The van der Waals surface area contributed by atoms with E-state index < -0.39 is 0 Å². The third-order valence-corrected chi connectivity index (χ3v) is 38.5. The van der Waals surface area contributed by atoms with Crippen molar-refractivity contribution in [2.75, 3.05) is 14.7 Å². The summed E-state index contributed by atoms with van der Waals surface area (Å²) in [5, 5.41) is 17.7. The molecule has 22 aromatic rings. The van der Waals surface area contributed by atoms with Gasteiger partial charge >= 0.3 is 0 Å². The average Bonchev–Trinajstić information content (AvgIpc) is 0.945. The third kappa shape index (κ3) is 13.6. The van der Waals surface area contributed by atoms with Gasteiger partial charge in [-0.25, -0.2) is 0 Å². The zero-order valence-electron chi connectivity index (χ0n) is 89.1. The number of furan rings is 1. The molecule has 0 amide bonds. The highest BCUT2D eigenvalue weighted by Gasteiger charge is 2.52. The van der Waals surface area contributed by atoms with E-state index >= 15 is 0 Å². The summed E-state index contributed by atoms with van der Waals surface area (Å²) in [6.45, 7) is 48.5. The third-order valence-electron chi connectivity index (χ3n) is 38.5. The van der Waals surface area contributed by atoms with Gasteiger partial charge in [-0.3, -0.25) is 0 Å². The van der Waals surface area contributed by atoms with Gasteiger partial charge < -0.3 is 19.1 Å². The molecule has 5 aliphatic rings. The second-order valence-electron chi connectivity index (χ2n) is 47.9. The molecule has 4 nitrogen and oxygen atoms in total. The summed E-state index contributed by atoms with van der Waals surface area (Å²) in [4.78, 5) is 7.35. The van der Waals surface area contributed by atoms with Crippen LogP contribution >= 0.6 is 0 Å². The minimum atomic E-state index is -0.0970. The summed E-state index contributed by atoms with van der Waals surface area (Å²) < 4.78 is 6.33. The summed E-state index contributed by atoms with van der Waals surface area (Å²) in [6.07, 6.45) is 0. The fourth-order valence-electron chi connectivity index (χ4n) is 26.8. The second-order valence-corrected chi connectivity index (χ2v) is 47.9. The van der Waals surface area contributed by atoms with Crippen molar-refractivity contribution in [1.29, 1.82) is 0 Å². The lowest BCUT2D eigenvalue weighted by Crippen LogP contribution is -2.43. The van der Waals surface area contributed by atoms with Crippen LogP contribution in [0.4, 0.5) is 51.2 Å². The lowest BCUT2D eigenvalue weighted by molar-refractivity contribution is 0.299. The Bertz CT molecular complexity index is 9230. The van der Waals surface area contributed by atoms with E-state index in [2.05, 4.69) is 560 Å². The van der Waals surface area contributed by atoms with Crippen LogP contribution in [0.25, 0.3) is 142 Å². The zero-order valence-corrected chi connectivity index (χ0v) is 89.1. The van der Waals surface area contributed by atoms with Crippen LogP contribution in [0.5, 0.6) is 0 Å². The molecule has 726 valence electrons. The largest absolute Gasteiger partial charge is 0.456 e. The van der Waals surface area contributed by atoms with E-state index in [0.717, 1.165) is 50.4 Å². The first-order chi connectivity index (χ1) is 71.0. The molecule has 0 radical (unpaired) electrons. The molecule has 0 saturated carbocycles. The Morgan fingerprint density at radius 1 is 0.149 bits per heavy atom. The molecule has 0 fully saturated rings. The van der Waals surface area contributed by atoms with Crippen LogP contribution < -0.4 is 14.7 Å². The maximum atomic E-state index is 6.33. The first-order valence-corrected chi connectivity index (χ1v) is 53.3. The van der Waals surface area contributed by atoms with E-state index in [1.165, 1.54) is 199 Å². The minimum Gasteiger partial charge on any atom is -0.456 e. The van der Waals surface area contributed by atoms with Gasteiger partial charge in [0.1, 0.15) is 11.2 Å². The molecule has 1 heterocycles. The second kappa shape index (κ2) is 33.5. The number of nitrogens with zero attached hydrogens (tertiary/aromatic N) is 3. The SMILES string of the molecule is CC1(C)c2ccccc2-c2ccc(N(c3ccccc3)c3cc4ccccc4c4cc5c(cc34)C(C)(C)C(C)(C)c3ccccc3-5)cc2C1(C)C.CC1(C)c2ccccc2-c2ccc(N(c3ccccc3)c3cccc4ccc5c6c(ccc5c34)-c3ccccc3C(C)(C)C6(C)C)cc2C1(C)C.CC1(C)c2ccccc2-c2ccc3c(ccc4ccc(N(c5ccccc5)c5ccc6c(c5)oc5ccccc56)cc43)c2C1(C)C. The van der Waals surface area contributed by atoms with E-state index in [1.54, 1.807) is 0 Å². The summed E-state index contributed by atoms with van der Waals surface area (Å²) in [5.41, 5.74) is 39.3. The number of fused-ring (bicyclic) bond motifs is 29. The molecule has 0 unspecified atom stereocenters. The van der Waals surface area contributed by atoms with Gasteiger partial charge in [-0.05, 0) is 324 Å². The highest BCUT2D eigenvalue weighted by Crippen LogP contribution is 2.64. The van der Waals surface area contributed by atoms with Crippen molar-refractivity contribution in [3.63, 3.8) is 0 Å². The standard InChI is InChI=1S/2C50H47N.C44H35NO/c1-47(2)41-22-14-12-20-35(41)37-28-26-34(31-43(37)49(47,5)6)51(33-18-10-9-11-19-33)44-24-16-17-32-25-27-40-38(45(32)44)29-30-39-36-21-13-15-23-42(36)48(3,4)50(7,8)46(39)40;1-47(2)42-24-16-14-22-36(42)38-27-26-34(29-44(38)49(47,5)6)51(33-19-10-9-11-20-33)46-28-32-18-12-13-21-35(32)39-30-40-37-23-15-17-25-43(37)48(3,4)50(7,8)45(40)31-41(39)46;1-43(2)39-16-10-8-14-33(39)37-25-24-32-36(42(37)44(43,3)4)22-19-28-18-20-30(26-38(28)32)45(29-12-6-5-7-13-29)31-21-23-35-34-15-9-11-17-40(34)46-41(35)27-31/h2*9-31H,1-8H3;5-27H,1-4H3. The first kappa shape index (κ1) is 93.4. The fraction of sp³-hybridized carbons (Fsp3) is 0.208. The Hall–Kier alpha value is -15.6. The van der Waals surface area contributed by atoms with Gasteiger partial charge in [0.2, 0.25) is 0 Å². The predicted octanol–water partition coefficient (Wildman–Crippen LogP) is 40.5. The van der Waals surface area contributed by atoms with Crippen LogP contribution in [-0.4, -0.2) is 0 Å². The average molecular weight is 1920 g/mol. The molecular formula is C144H129N3O. The Balaban J connectivity index is 0.000000115. The summed E-state index contributed by atoms with van der Waals surface area (Å²) in [7, 11) is 0. The highest BCUT2D eigenvalue weighted by atomic mass is 16.3. The maximum Gasteiger partial charge on any atom is 0.137 e. The molecule has 0 atom stereocenters. The Labute approximate surface area is 873 Å². The molecule has 0 N–H and O–H groups in total. The number of anilines is 9. The number of hydrogen-bond acceptors (Lipinski definition) is 4. The molecule has 21 aromatic carbocycles. The van der Waals surface area contributed by atoms with E-state index in [1.807, 2.05) is 12.1 Å². The van der Waals surface area contributed by atoms with Crippen LogP contribution in [0.3, 0.4) is 0 Å². The molecule has 148 heavy (non-hydrogen) atoms. The monoisotopic (exact) mass is 1920 g/mol. The molecule has 1 aromatic heterocycles. The van der Waals surface area contributed by atoms with Crippen molar-refractivity contribution >= 4 is 138 Å². The van der Waals surface area contributed by atoms with Gasteiger partial charge in [-0.2, -0.15) is 0 Å². The van der Waals surface area contributed by atoms with Crippen molar-refractivity contribution in [3.8, 4) is 55.6 Å². The van der Waals surface area contributed by atoms with Crippen LogP contribution in [0.15, 0.2) is 423 Å². The quantitative estimate of drug-likeness (QED) is 0.134. The topological polar surface area (TPSA) is 22.9 Å². The molecule has 27 rings (SSSR count). The van der Waals surface area contributed by atoms with Crippen molar-refractivity contribution in [2.24, 2.45) is 0 Å². The van der Waals surface area contributed by atoms with Crippen molar-refractivity contribution in [3.05, 3.63) is 474 Å². The number of rotatable bonds is 9. The number of benzene rings is 21. The van der Waals surface area contributed by atoms with Gasteiger partial charge in [0.05, 0.1) is 11.4 Å². The van der Waals surface area contributed by atoms with Crippen LogP contribution in [0.2, 0.25) is 0 Å². The van der Waals surface area contributed by atoms with Gasteiger partial charge in [0.25, 0.3) is 0 Å². The van der Waals surface area contributed by atoms with E-state index in [0.29, 0.717) is 0 Å². The van der Waals surface area contributed by atoms with E-state index in [9.17, 15) is 0 Å². The predicted molar refractivity (Wildman–Crippen MR) is 633 cm³/mol. The normalized spacial score (nSPS) is 16.5. The molecular weight excluding hydrogens is 1790 g/mol. The molecule has 0 aliphatic heterocycles. The number of para-hydroxylation sites is 4. The fourth-order valence-corrected chi connectivity index (χ4v) is 26.8. The highest BCUT2D eigenvalue weighted by molar-refractivity contribution is 6.20. The smallest absolute Gasteiger partial charge is 0.137 e. The van der Waals surface area contributed by atoms with Crippen LogP contribution in [0, 0.1) is 0 Å². The summed E-state index contributed by atoms with van der Waals surface area (Å²) in [6, 6.07) is 156. The molecule has 0 bridgehead atoms. The molecule has 0 spiro atoms. The molecule has 5 aliphatic carbocycles. The Morgan fingerprint density at radius 3 is 0.993 bits per heavy atom. The van der Waals surface area contributed by atoms with E-state index in [-0.39, 0.29) is 54.1 Å². The van der Waals surface area contributed by atoms with Crippen molar-refractivity contribution < 1.29 is 4.42 Å². The summed E-state index contributed by atoms with van der Waals surface area (Å²) >= 11 is 0. The first-order valence-electron chi connectivity index (χ1n) is 53.3. The lowest BCUT2D eigenvalue weighted by Gasteiger charge is -2.49. The Kier molecular flexibility index (Phi) is 21.1. The van der Waals surface area contributed by atoms with Gasteiger partial charge in [0, 0.05) is 78.3 Å². The molecule has 4 heteroatoms. The number of hydrogen-bond donors (Lipinski definition) is 0. The van der Waals surface area contributed by atoms with Crippen molar-refractivity contribution in [2.45, 2.75) is 193 Å².